The summed E-state index contributed by atoms with van der Waals surface area (Å²) in [6.07, 6.45) is 21.5. The first-order valence-corrected chi connectivity index (χ1v) is 8.54. The van der Waals surface area contributed by atoms with Crippen LogP contribution in [0, 0.1) is 6.92 Å². The van der Waals surface area contributed by atoms with Crippen molar-refractivity contribution in [3.05, 3.63) is 29.7 Å². The van der Waals surface area contributed by atoms with Crippen molar-refractivity contribution in [3.63, 3.8) is 0 Å². The zero-order valence-electron chi connectivity index (χ0n) is 13.5. The second-order valence-corrected chi connectivity index (χ2v) is 5.86. The molecule has 0 spiro atoms. The first-order chi connectivity index (χ1) is 9.83. The second-order valence-electron chi connectivity index (χ2n) is 5.86. The number of furan rings is 1. The summed E-state index contributed by atoms with van der Waals surface area (Å²) in [7, 11) is 0. The van der Waals surface area contributed by atoms with Gasteiger partial charge in [-0.15, -0.1) is 0 Å². The Kier molecular flexibility index (Phi) is 10.1. The van der Waals surface area contributed by atoms with Gasteiger partial charge in [-0.3, -0.25) is 0 Å². The van der Waals surface area contributed by atoms with Gasteiger partial charge >= 0.3 is 0 Å². The molecule has 0 radical (unpaired) electrons. The number of aryl methyl sites for hydroxylation is 1. The predicted molar refractivity (Wildman–Crippen MR) is 88.9 cm³/mol. The summed E-state index contributed by atoms with van der Waals surface area (Å²) in [4.78, 5) is 0. The summed E-state index contributed by atoms with van der Waals surface area (Å²) in [5.74, 6) is 0.989. The molecule has 0 fully saturated rings. The Morgan fingerprint density at radius 2 is 1.50 bits per heavy atom. The minimum atomic E-state index is 0.989. The molecule has 0 unspecified atom stereocenters. The smallest absolute Gasteiger partial charge is 0.101 e. The lowest BCUT2D eigenvalue weighted by Crippen LogP contribution is -1.81. The molecule has 1 nitrogen and oxygen atoms in total. The van der Waals surface area contributed by atoms with Crippen molar-refractivity contribution in [3.8, 4) is 0 Å². The van der Waals surface area contributed by atoms with E-state index in [0.717, 1.165) is 5.76 Å². The molecule has 0 atom stereocenters. The van der Waals surface area contributed by atoms with E-state index >= 15 is 0 Å². The second kappa shape index (κ2) is 11.8. The SMILES string of the molecule is CCCCCCCCCCCC/C=C/c1coc(C)c1. The van der Waals surface area contributed by atoms with E-state index in [-0.39, 0.29) is 0 Å². The monoisotopic (exact) mass is 276 g/mol. The Hall–Kier alpha value is -0.980. The largest absolute Gasteiger partial charge is 0.469 e. The number of rotatable bonds is 12. The predicted octanol–water partition coefficient (Wildman–Crippen LogP) is 6.91. The number of unbranched alkanes of at least 4 members (excludes halogenated alkanes) is 10. The standard InChI is InChI=1S/C19H32O/c1-3-4-5-6-7-8-9-10-11-12-13-14-15-19-16-18(2)20-17-19/h14-17H,3-13H2,1-2H3/b15-14+. The van der Waals surface area contributed by atoms with Gasteiger partial charge in [0.1, 0.15) is 5.76 Å². The molecular weight excluding hydrogens is 244 g/mol. The van der Waals surface area contributed by atoms with E-state index in [4.69, 9.17) is 4.42 Å². The molecule has 20 heavy (non-hydrogen) atoms. The third-order valence-electron chi connectivity index (χ3n) is 3.79. The van der Waals surface area contributed by atoms with Crippen LogP contribution in [0.5, 0.6) is 0 Å². The molecule has 0 aliphatic rings. The summed E-state index contributed by atoms with van der Waals surface area (Å²) in [6.45, 7) is 4.27. The lowest BCUT2D eigenvalue weighted by molar-refractivity contribution is 0.534. The highest BCUT2D eigenvalue weighted by molar-refractivity contribution is 5.47. The minimum absolute atomic E-state index is 0.989. The van der Waals surface area contributed by atoms with E-state index in [9.17, 15) is 0 Å². The van der Waals surface area contributed by atoms with Crippen molar-refractivity contribution in [1.82, 2.24) is 0 Å². The van der Waals surface area contributed by atoms with Crippen LogP contribution in [0.3, 0.4) is 0 Å². The van der Waals surface area contributed by atoms with Crippen LogP contribution in [-0.4, -0.2) is 0 Å². The van der Waals surface area contributed by atoms with Crippen molar-refractivity contribution in [1.29, 1.82) is 0 Å². The van der Waals surface area contributed by atoms with Crippen molar-refractivity contribution in [2.24, 2.45) is 0 Å². The summed E-state index contributed by atoms with van der Waals surface area (Å²) in [5, 5.41) is 0. The molecule has 0 aromatic carbocycles. The lowest BCUT2D eigenvalue weighted by atomic mass is 10.1. The molecule has 114 valence electrons. The van der Waals surface area contributed by atoms with Crippen molar-refractivity contribution in [2.75, 3.05) is 0 Å². The van der Waals surface area contributed by atoms with E-state index in [1.54, 1.807) is 0 Å². The first kappa shape index (κ1) is 17.1. The van der Waals surface area contributed by atoms with E-state index in [2.05, 4.69) is 25.1 Å². The average Bonchev–Trinajstić information content (AvgIpc) is 2.86. The Morgan fingerprint density at radius 1 is 0.900 bits per heavy atom. The van der Waals surface area contributed by atoms with Crippen LogP contribution >= 0.6 is 0 Å². The van der Waals surface area contributed by atoms with Gasteiger partial charge in [0.05, 0.1) is 6.26 Å². The molecule has 0 saturated carbocycles. The van der Waals surface area contributed by atoms with Crippen LogP contribution in [0.2, 0.25) is 0 Å². The highest BCUT2D eigenvalue weighted by Gasteiger charge is 1.93. The highest BCUT2D eigenvalue weighted by atomic mass is 16.3. The summed E-state index contributed by atoms with van der Waals surface area (Å²) < 4.78 is 5.27. The molecule has 1 heteroatoms. The Labute approximate surface area is 125 Å². The number of hydrogen-bond donors (Lipinski definition) is 0. The van der Waals surface area contributed by atoms with E-state index in [0.29, 0.717) is 0 Å². The van der Waals surface area contributed by atoms with Crippen molar-refractivity contribution >= 4 is 6.08 Å². The van der Waals surface area contributed by atoms with Gasteiger partial charge in [-0.2, -0.15) is 0 Å². The molecule has 0 amide bonds. The van der Waals surface area contributed by atoms with Gasteiger partial charge in [0.2, 0.25) is 0 Å². The summed E-state index contributed by atoms with van der Waals surface area (Å²) in [5.41, 5.74) is 1.19. The van der Waals surface area contributed by atoms with Crippen LogP contribution in [0.25, 0.3) is 6.08 Å². The molecule has 1 aromatic heterocycles. The van der Waals surface area contributed by atoms with Crippen LogP contribution in [0.4, 0.5) is 0 Å². The zero-order chi connectivity index (χ0) is 14.5. The first-order valence-electron chi connectivity index (χ1n) is 8.54. The zero-order valence-corrected chi connectivity index (χ0v) is 13.5. The number of allylic oxidation sites excluding steroid dienone is 1. The fraction of sp³-hybridized carbons (Fsp3) is 0.684. The minimum Gasteiger partial charge on any atom is -0.469 e. The molecule has 1 aromatic rings. The normalized spacial score (nSPS) is 11.5. The van der Waals surface area contributed by atoms with Crippen LogP contribution in [-0.2, 0) is 0 Å². The summed E-state index contributed by atoms with van der Waals surface area (Å²) in [6, 6.07) is 2.08. The van der Waals surface area contributed by atoms with Gasteiger partial charge in [0, 0.05) is 5.56 Å². The molecule has 1 rings (SSSR count). The van der Waals surface area contributed by atoms with Gasteiger partial charge in [-0.05, 0) is 25.8 Å². The molecule has 0 saturated heterocycles. The third-order valence-corrected chi connectivity index (χ3v) is 3.79. The Bertz CT molecular complexity index is 348. The molecular formula is C19H32O. The maximum atomic E-state index is 5.27. The van der Waals surface area contributed by atoms with Crippen LogP contribution in [0.15, 0.2) is 22.8 Å². The third kappa shape index (κ3) is 9.01. The molecule has 0 N–H and O–H groups in total. The highest BCUT2D eigenvalue weighted by Crippen LogP contribution is 2.12. The van der Waals surface area contributed by atoms with Gasteiger partial charge in [-0.25, -0.2) is 0 Å². The van der Waals surface area contributed by atoms with Crippen molar-refractivity contribution in [2.45, 2.75) is 84.5 Å². The fourth-order valence-corrected chi connectivity index (χ4v) is 2.52. The molecule has 0 aliphatic heterocycles. The Balaban J connectivity index is 1.84. The van der Waals surface area contributed by atoms with E-state index < -0.39 is 0 Å². The maximum absolute atomic E-state index is 5.27. The van der Waals surface area contributed by atoms with E-state index in [1.807, 2.05) is 13.2 Å². The Morgan fingerprint density at radius 3 is 2.05 bits per heavy atom. The topological polar surface area (TPSA) is 13.1 Å². The molecule has 1 heterocycles. The van der Waals surface area contributed by atoms with Gasteiger partial charge in [0.25, 0.3) is 0 Å². The van der Waals surface area contributed by atoms with E-state index in [1.165, 1.54) is 76.2 Å². The number of hydrogen-bond acceptors (Lipinski definition) is 1. The van der Waals surface area contributed by atoms with Gasteiger partial charge < -0.3 is 4.42 Å². The average molecular weight is 276 g/mol. The van der Waals surface area contributed by atoms with Crippen LogP contribution < -0.4 is 0 Å². The van der Waals surface area contributed by atoms with Crippen molar-refractivity contribution < 1.29 is 4.42 Å². The van der Waals surface area contributed by atoms with Gasteiger partial charge in [-0.1, -0.05) is 76.9 Å². The van der Waals surface area contributed by atoms with Crippen LogP contribution in [0.1, 0.15) is 88.9 Å². The summed E-state index contributed by atoms with van der Waals surface area (Å²) >= 11 is 0. The quantitative estimate of drug-likeness (QED) is 0.378. The molecule has 0 aliphatic carbocycles. The maximum Gasteiger partial charge on any atom is 0.101 e. The lowest BCUT2D eigenvalue weighted by Gasteiger charge is -2.01. The molecule has 0 bridgehead atoms. The van der Waals surface area contributed by atoms with Gasteiger partial charge in [0.15, 0.2) is 0 Å². The fourth-order valence-electron chi connectivity index (χ4n) is 2.52.